The van der Waals surface area contributed by atoms with E-state index in [1.54, 1.807) is 0 Å². The van der Waals surface area contributed by atoms with E-state index in [0.29, 0.717) is 17.9 Å². The fourth-order valence-electron chi connectivity index (χ4n) is 2.14. The van der Waals surface area contributed by atoms with Crippen LogP contribution in [0.25, 0.3) is 0 Å². The Morgan fingerprint density at radius 1 is 1.44 bits per heavy atom. The molecule has 4 nitrogen and oxygen atoms in total. The maximum absolute atomic E-state index is 13.9. The molecule has 1 aliphatic rings. The Balaban J connectivity index is 2.61. The molecule has 6 heteroatoms. The summed E-state index contributed by atoms with van der Waals surface area (Å²) in [5, 5.41) is 0. The average Bonchev–Trinajstić information content (AvgIpc) is 3.08. The summed E-state index contributed by atoms with van der Waals surface area (Å²) in [4.78, 5) is -0.337. The molecule has 1 aromatic rings. The molecule has 0 saturated heterocycles. The van der Waals surface area contributed by atoms with Crippen LogP contribution in [0, 0.1) is 5.82 Å². The van der Waals surface area contributed by atoms with Gasteiger partial charge in [-0.2, -0.15) is 0 Å². The highest BCUT2D eigenvalue weighted by molar-refractivity contribution is 7.90. The zero-order valence-electron chi connectivity index (χ0n) is 10.4. The lowest BCUT2D eigenvalue weighted by Crippen LogP contribution is -2.21. The lowest BCUT2D eigenvalue weighted by atomic mass is 9.95. The van der Waals surface area contributed by atoms with Crippen LogP contribution in [0.1, 0.15) is 18.4 Å². The molecule has 1 aliphatic carbocycles. The van der Waals surface area contributed by atoms with E-state index in [4.69, 9.17) is 10.5 Å². The highest BCUT2D eigenvalue weighted by Crippen LogP contribution is 2.51. The van der Waals surface area contributed by atoms with Crippen molar-refractivity contribution in [2.45, 2.75) is 23.2 Å². The summed E-state index contributed by atoms with van der Waals surface area (Å²) in [7, 11) is -2.16. The number of methoxy groups -OCH3 is 1. The van der Waals surface area contributed by atoms with Crippen LogP contribution < -0.4 is 10.5 Å². The van der Waals surface area contributed by atoms with Gasteiger partial charge in [0.05, 0.1) is 7.11 Å². The highest BCUT2D eigenvalue weighted by Gasteiger charge is 2.45. The molecule has 1 fully saturated rings. The maximum atomic E-state index is 13.9. The third-order valence-corrected chi connectivity index (χ3v) is 4.58. The van der Waals surface area contributed by atoms with E-state index in [9.17, 15) is 12.8 Å². The van der Waals surface area contributed by atoms with Gasteiger partial charge in [0.1, 0.15) is 16.5 Å². The molecule has 0 atom stereocenters. The molecule has 0 unspecified atom stereocenters. The van der Waals surface area contributed by atoms with Gasteiger partial charge in [-0.15, -0.1) is 0 Å². The largest absolute Gasteiger partial charge is 0.496 e. The quantitative estimate of drug-likeness (QED) is 0.895. The number of hydrogen-bond donors (Lipinski definition) is 1. The normalized spacial score (nSPS) is 17.6. The molecule has 1 aromatic carbocycles. The number of hydrogen-bond acceptors (Lipinski definition) is 4. The second-order valence-corrected chi connectivity index (χ2v) is 6.72. The van der Waals surface area contributed by atoms with Gasteiger partial charge in [0.15, 0.2) is 9.84 Å². The third-order valence-electron chi connectivity index (χ3n) is 3.47. The first kappa shape index (κ1) is 13.3. The van der Waals surface area contributed by atoms with Crippen molar-refractivity contribution in [3.8, 4) is 5.75 Å². The summed E-state index contributed by atoms with van der Waals surface area (Å²) in [6.45, 7) is 0.404. The summed E-state index contributed by atoms with van der Waals surface area (Å²) in [6.07, 6.45) is 2.72. The van der Waals surface area contributed by atoms with E-state index in [2.05, 4.69) is 0 Å². The standard InChI is InChI=1S/C12H16FNO3S/c1-17-10-6-11(18(2,15)16)9(13)5-8(10)12(7-14)3-4-12/h5-6H,3-4,7,14H2,1-2H3. The molecule has 0 radical (unpaired) electrons. The van der Waals surface area contributed by atoms with Crippen molar-refractivity contribution in [3.63, 3.8) is 0 Å². The van der Waals surface area contributed by atoms with Crippen LogP contribution in [-0.4, -0.2) is 28.3 Å². The van der Waals surface area contributed by atoms with Crippen LogP contribution >= 0.6 is 0 Å². The minimum Gasteiger partial charge on any atom is -0.496 e. The van der Waals surface area contributed by atoms with Crippen molar-refractivity contribution >= 4 is 9.84 Å². The molecule has 0 aliphatic heterocycles. The molecule has 0 spiro atoms. The topological polar surface area (TPSA) is 69.4 Å². The molecule has 18 heavy (non-hydrogen) atoms. The number of halogens is 1. The van der Waals surface area contributed by atoms with Gasteiger partial charge in [-0.3, -0.25) is 0 Å². The van der Waals surface area contributed by atoms with Crippen LogP contribution in [-0.2, 0) is 15.3 Å². The summed E-state index contributed by atoms with van der Waals surface area (Å²) in [6, 6.07) is 2.49. The minimum atomic E-state index is -3.60. The molecule has 2 N–H and O–H groups in total. The van der Waals surface area contributed by atoms with Gasteiger partial charge in [0.25, 0.3) is 0 Å². The zero-order chi connectivity index (χ0) is 13.6. The van der Waals surface area contributed by atoms with E-state index >= 15 is 0 Å². The lowest BCUT2D eigenvalue weighted by Gasteiger charge is -2.18. The summed E-state index contributed by atoms with van der Waals surface area (Å²) < 4.78 is 42.0. The van der Waals surface area contributed by atoms with Crippen molar-refractivity contribution in [1.82, 2.24) is 0 Å². The van der Waals surface area contributed by atoms with Gasteiger partial charge in [0, 0.05) is 29.8 Å². The highest BCUT2D eigenvalue weighted by atomic mass is 32.2. The van der Waals surface area contributed by atoms with E-state index in [-0.39, 0.29) is 10.3 Å². The number of nitrogens with two attached hydrogens (primary N) is 1. The Morgan fingerprint density at radius 3 is 2.44 bits per heavy atom. The van der Waals surface area contributed by atoms with Crippen molar-refractivity contribution in [3.05, 3.63) is 23.5 Å². The summed E-state index contributed by atoms with van der Waals surface area (Å²) in [5.41, 5.74) is 6.12. The summed E-state index contributed by atoms with van der Waals surface area (Å²) >= 11 is 0. The van der Waals surface area contributed by atoms with Gasteiger partial charge in [-0.25, -0.2) is 12.8 Å². The Bertz CT molecular complexity index is 579. The predicted octanol–water partition coefficient (Wildman–Crippen LogP) is 1.23. The molecule has 0 bridgehead atoms. The zero-order valence-corrected chi connectivity index (χ0v) is 11.2. The van der Waals surface area contributed by atoms with Gasteiger partial charge in [0.2, 0.25) is 0 Å². The third kappa shape index (κ3) is 2.10. The number of rotatable bonds is 4. The van der Waals surface area contributed by atoms with Gasteiger partial charge < -0.3 is 10.5 Å². The maximum Gasteiger partial charge on any atom is 0.178 e. The van der Waals surface area contributed by atoms with E-state index in [1.165, 1.54) is 19.2 Å². The van der Waals surface area contributed by atoms with Gasteiger partial charge >= 0.3 is 0 Å². The van der Waals surface area contributed by atoms with E-state index in [0.717, 1.165) is 19.1 Å². The van der Waals surface area contributed by atoms with Crippen molar-refractivity contribution in [2.75, 3.05) is 19.9 Å². The molecule has 100 valence electrons. The van der Waals surface area contributed by atoms with Crippen LogP contribution in [0.5, 0.6) is 5.75 Å². The van der Waals surface area contributed by atoms with Crippen LogP contribution in [0.3, 0.4) is 0 Å². The van der Waals surface area contributed by atoms with Crippen LogP contribution in [0.15, 0.2) is 17.0 Å². The first-order chi connectivity index (χ1) is 8.34. The average molecular weight is 273 g/mol. The van der Waals surface area contributed by atoms with Crippen LogP contribution in [0.2, 0.25) is 0 Å². The number of sulfone groups is 1. The smallest absolute Gasteiger partial charge is 0.178 e. The molecule has 0 amide bonds. The van der Waals surface area contributed by atoms with Crippen molar-refractivity contribution < 1.29 is 17.5 Å². The second-order valence-electron chi connectivity index (χ2n) is 4.74. The molecule has 0 aromatic heterocycles. The molecule has 1 saturated carbocycles. The number of benzene rings is 1. The van der Waals surface area contributed by atoms with E-state index in [1.807, 2.05) is 0 Å². The Kier molecular flexibility index (Phi) is 3.11. The molecular formula is C12H16FNO3S. The Hall–Kier alpha value is -1.14. The Labute approximate surface area is 106 Å². The monoisotopic (exact) mass is 273 g/mol. The second kappa shape index (κ2) is 4.20. The fraction of sp³-hybridized carbons (Fsp3) is 0.500. The SMILES string of the molecule is COc1cc(S(C)(=O)=O)c(F)cc1C1(CN)CC1. The first-order valence-electron chi connectivity index (χ1n) is 5.62. The number of ether oxygens (including phenoxy) is 1. The fourth-order valence-corrected chi connectivity index (χ4v) is 2.87. The molecular weight excluding hydrogens is 257 g/mol. The predicted molar refractivity (Wildman–Crippen MR) is 66.0 cm³/mol. The van der Waals surface area contributed by atoms with Crippen molar-refractivity contribution in [1.29, 1.82) is 0 Å². The van der Waals surface area contributed by atoms with E-state index < -0.39 is 15.7 Å². The van der Waals surface area contributed by atoms with Gasteiger partial charge in [-0.1, -0.05) is 0 Å². The minimum absolute atomic E-state index is 0.248. The van der Waals surface area contributed by atoms with Crippen LogP contribution in [0.4, 0.5) is 4.39 Å². The lowest BCUT2D eigenvalue weighted by molar-refractivity contribution is 0.400. The molecule has 2 rings (SSSR count). The van der Waals surface area contributed by atoms with Gasteiger partial charge in [-0.05, 0) is 18.9 Å². The Morgan fingerprint density at radius 2 is 2.06 bits per heavy atom. The summed E-state index contributed by atoms with van der Waals surface area (Å²) in [5.74, 6) is -0.354. The van der Waals surface area contributed by atoms with Crippen molar-refractivity contribution in [2.24, 2.45) is 5.73 Å². The first-order valence-corrected chi connectivity index (χ1v) is 7.51. The molecule has 0 heterocycles.